The highest BCUT2D eigenvalue weighted by atomic mass is 35.5. The number of rotatable bonds is 3. The Balaban J connectivity index is 3.56. The Morgan fingerprint density at radius 1 is 1.15 bits per heavy atom. The molecule has 0 aliphatic rings. The second kappa shape index (κ2) is 5.58. The Morgan fingerprint density at radius 2 is 1.70 bits per heavy atom. The molecular formula is C9H4ClF8NO. The summed E-state index contributed by atoms with van der Waals surface area (Å²) in [7, 11) is 0. The molecule has 1 aromatic heterocycles. The fraction of sp³-hybridized carbons (Fsp3) is 0.444. The van der Waals surface area contributed by atoms with Gasteiger partial charge in [-0.15, -0.1) is 24.8 Å². The van der Waals surface area contributed by atoms with Gasteiger partial charge in [-0.3, -0.25) is 4.98 Å². The number of hydrogen-bond donors (Lipinski definition) is 0. The van der Waals surface area contributed by atoms with E-state index in [-0.39, 0.29) is 6.20 Å². The van der Waals surface area contributed by atoms with Gasteiger partial charge in [0, 0.05) is 11.8 Å². The molecule has 114 valence electrons. The van der Waals surface area contributed by atoms with E-state index < -0.39 is 47.4 Å². The van der Waals surface area contributed by atoms with Crippen molar-refractivity contribution in [3.05, 3.63) is 23.0 Å². The molecule has 11 heteroatoms. The van der Waals surface area contributed by atoms with Crippen molar-refractivity contribution in [3.8, 4) is 5.75 Å². The molecular weight excluding hydrogens is 326 g/mol. The van der Waals surface area contributed by atoms with Crippen LogP contribution in [0.3, 0.4) is 0 Å². The maximum Gasteiger partial charge on any atom is 0.573 e. The van der Waals surface area contributed by atoms with E-state index in [0.717, 1.165) is 0 Å². The number of aromatic nitrogens is 1. The quantitative estimate of drug-likeness (QED) is 0.593. The molecule has 0 bridgehead atoms. The highest BCUT2D eigenvalue weighted by molar-refractivity contribution is 6.17. The molecule has 0 atom stereocenters. The van der Waals surface area contributed by atoms with E-state index in [0.29, 0.717) is 0 Å². The average molecular weight is 330 g/mol. The number of halogens is 9. The molecule has 2 nitrogen and oxygen atoms in total. The van der Waals surface area contributed by atoms with Gasteiger partial charge in [-0.25, -0.2) is 8.78 Å². The molecule has 1 heterocycles. The Hall–Kier alpha value is -1.32. The average Bonchev–Trinajstić information content (AvgIpc) is 2.24. The zero-order valence-electron chi connectivity index (χ0n) is 9.12. The molecule has 1 rings (SSSR count). The normalized spacial score (nSPS) is 12.9. The molecule has 0 spiro atoms. The van der Waals surface area contributed by atoms with Crippen molar-refractivity contribution in [2.24, 2.45) is 0 Å². The zero-order valence-corrected chi connectivity index (χ0v) is 9.87. The van der Waals surface area contributed by atoms with Crippen molar-refractivity contribution in [1.82, 2.24) is 4.98 Å². The lowest BCUT2D eigenvalue weighted by Gasteiger charge is -2.19. The minimum absolute atomic E-state index is 0.154. The first-order valence-electron chi connectivity index (χ1n) is 4.66. The molecule has 0 aliphatic heterocycles. The summed E-state index contributed by atoms with van der Waals surface area (Å²) in [5, 5.41) is 0. The maximum absolute atomic E-state index is 12.6. The van der Waals surface area contributed by atoms with Crippen molar-refractivity contribution in [1.29, 1.82) is 0 Å². The highest BCUT2D eigenvalue weighted by Gasteiger charge is 2.42. The molecule has 0 unspecified atom stereocenters. The SMILES string of the molecule is FC(F)c1ncc(C(F)(F)F)c(OC(F)(F)F)c1CCl. The van der Waals surface area contributed by atoms with Crippen LogP contribution in [0.25, 0.3) is 0 Å². The first-order valence-corrected chi connectivity index (χ1v) is 5.19. The van der Waals surface area contributed by atoms with Crippen LogP contribution in [0.15, 0.2) is 6.20 Å². The van der Waals surface area contributed by atoms with Crippen LogP contribution in [0.5, 0.6) is 5.75 Å². The van der Waals surface area contributed by atoms with Crippen LogP contribution in [0.2, 0.25) is 0 Å². The van der Waals surface area contributed by atoms with Gasteiger partial charge in [-0.1, -0.05) is 0 Å². The molecule has 0 amide bonds. The summed E-state index contributed by atoms with van der Waals surface area (Å²) in [4.78, 5) is 2.80. The van der Waals surface area contributed by atoms with E-state index in [1.807, 2.05) is 0 Å². The summed E-state index contributed by atoms with van der Waals surface area (Å²) in [6, 6.07) is 0. The van der Waals surface area contributed by atoms with Gasteiger partial charge in [0.2, 0.25) is 0 Å². The van der Waals surface area contributed by atoms with Gasteiger partial charge in [0.15, 0.2) is 0 Å². The van der Waals surface area contributed by atoms with Crippen LogP contribution >= 0.6 is 11.6 Å². The fourth-order valence-electron chi connectivity index (χ4n) is 1.30. The standard InChI is InChI=1S/C9H4ClF8NO/c10-1-3-5(7(11)12)19-2-4(8(13,14)15)6(3)20-9(16,17)18/h2,7H,1H2. The summed E-state index contributed by atoms with van der Waals surface area (Å²) < 4.78 is 102. The van der Waals surface area contributed by atoms with E-state index in [1.165, 1.54) is 0 Å². The van der Waals surface area contributed by atoms with E-state index in [2.05, 4.69) is 9.72 Å². The highest BCUT2D eigenvalue weighted by Crippen LogP contribution is 2.42. The lowest BCUT2D eigenvalue weighted by atomic mass is 10.1. The Bertz CT molecular complexity index is 484. The van der Waals surface area contributed by atoms with Crippen molar-refractivity contribution in [3.63, 3.8) is 0 Å². The van der Waals surface area contributed by atoms with E-state index in [9.17, 15) is 35.1 Å². The van der Waals surface area contributed by atoms with Gasteiger partial charge in [0.05, 0.1) is 5.88 Å². The monoisotopic (exact) mass is 329 g/mol. The zero-order chi connectivity index (χ0) is 15.7. The van der Waals surface area contributed by atoms with E-state index in [1.54, 1.807) is 0 Å². The van der Waals surface area contributed by atoms with Crippen LogP contribution in [0, 0.1) is 0 Å². The van der Waals surface area contributed by atoms with E-state index >= 15 is 0 Å². The van der Waals surface area contributed by atoms with Crippen LogP contribution < -0.4 is 4.74 Å². The third-order valence-electron chi connectivity index (χ3n) is 2.02. The Kier molecular flexibility index (Phi) is 4.67. The number of nitrogens with zero attached hydrogens (tertiary/aromatic N) is 1. The minimum Gasteiger partial charge on any atom is -0.405 e. The summed E-state index contributed by atoms with van der Waals surface area (Å²) in [6.07, 6.45) is -14.3. The number of alkyl halides is 9. The molecule has 0 aliphatic carbocycles. The number of hydrogen-bond acceptors (Lipinski definition) is 2. The fourth-order valence-corrected chi connectivity index (χ4v) is 1.56. The molecule has 1 aromatic rings. The molecule has 0 aromatic carbocycles. The molecule has 20 heavy (non-hydrogen) atoms. The molecule has 0 saturated carbocycles. The summed E-state index contributed by atoms with van der Waals surface area (Å²) in [5.41, 5.74) is -4.39. The van der Waals surface area contributed by atoms with Gasteiger partial charge < -0.3 is 4.74 Å². The summed E-state index contributed by atoms with van der Waals surface area (Å²) >= 11 is 5.14. The molecule has 0 radical (unpaired) electrons. The Labute approximate surface area is 111 Å². The smallest absolute Gasteiger partial charge is 0.405 e. The molecule has 0 N–H and O–H groups in total. The van der Waals surface area contributed by atoms with Crippen LogP contribution in [0.1, 0.15) is 23.2 Å². The summed E-state index contributed by atoms with van der Waals surface area (Å²) in [6.45, 7) is 0. The third-order valence-corrected chi connectivity index (χ3v) is 2.29. The Morgan fingerprint density at radius 3 is 2.05 bits per heavy atom. The van der Waals surface area contributed by atoms with E-state index in [4.69, 9.17) is 11.6 Å². The minimum atomic E-state index is -5.50. The first-order chi connectivity index (χ1) is 8.97. The predicted octanol–water partition coefficient (Wildman–Crippen LogP) is 4.68. The van der Waals surface area contributed by atoms with Crippen molar-refractivity contribution in [2.75, 3.05) is 0 Å². The molecule has 0 saturated heterocycles. The first kappa shape index (κ1) is 16.7. The maximum atomic E-state index is 12.6. The van der Waals surface area contributed by atoms with Crippen molar-refractivity contribution >= 4 is 11.6 Å². The van der Waals surface area contributed by atoms with Crippen LogP contribution in [-0.2, 0) is 12.1 Å². The molecule has 0 fully saturated rings. The number of ether oxygens (including phenoxy) is 1. The van der Waals surface area contributed by atoms with Crippen LogP contribution in [-0.4, -0.2) is 11.3 Å². The van der Waals surface area contributed by atoms with Gasteiger partial charge >= 0.3 is 12.5 Å². The second-order valence-electron chi connectivity index (χ2n) is 3.34. The van der Waals surface area contributed by atoms with Gasteiger partial charge in [0.25, 0.3) is 6.43 Å². The van der Waals surface area contributed by atoms with Gasteiger partial charge in [-0.05, 0) is 0 Å². The van der Waals surface area contributed by atoms with Crippen LogP contribution in [0.4, 0.5) is 35.1 Å². The van der Waals surface area contributed by atoms with Gasteiger partial charge in [0.1, 0.15) is 17.0 Å². The second-order valence-corrected chi connectivity index (χ2v) is 3.61. The lowest BCUT2D eigenvalue weighted by molar-refractivity contribution is -0.276. The topological polar surface area (TPSA) is 22.1 Å². The number of pyridine rings is 1. The van der Waals surface area contributed by atoms with Gasteiger partial charge in [-0.2, -0.15) is 13.2 Å². The lowest BCUT2D eigenvalue weighted by Crippen LogP contribution is -2.22. The predicted molar refractivity (Wildman–Crippen MR) is 50.4 cm³/mol. The summed E-state index contributed by atoms with van der Waals surface area (Å²) in [5.74, 6) is -2.87. The largest absolute Gasteiger partial charge is 0.573 e. The third kappa shape index (κ3) is 3.84. The van der Waals surface area contributed by atoms with Crippen molar-refractivity contribution in [2.45, 2.75) is 24.8 Å². The van der Waals surface area contributed by atoms with Crippen molar-refractivity contribution < 1.29 is 39.9 Å².